The Bertz CT molecular complexity index is 829. The summed E-state index contributed by atoms with van der Waals surface area (Å²) in [6.45, 7) is 4.53. The monoisotopic (exact) mass is 400 g/mol. The average molecular weight is 401 g/mol. The Morgan fingerprint density at radius 3 is 2.28 bits per heavy atom. The second-order valence-electron chi connectivity index (χ2n) is 6.02. The molecule has 1 aromatic heterocycles. The zero-order chi connectivity index (χ0) is 17.8. The SMILES string of the molecule is Cc1nn(C[C@H](O)COc2ccc(-c3ccccc3)cc2)c(C)c1Br. The molecule has 0 bridgehead atoms. The van der Waals surface area contributed by atoms with E-state index in [1.807, 2.05) is 56.3 Å². The van der Waals surface area contributed by atoms with Crippen LogP contribution in [0.1, 0.15) is 11.4 Å². The van der Waals surface area contributed by atoms with Gasteiger partial charge in [-0.3, -0.25) is 4.68 Å². The van der Waals surface area contributed by atoms with E-state index < -0.39 is 6.10 Å². The number of aliphatic hydroxyl groups excluding tert-OH is 1. The van der Waals surface area contributed by atoms with Crippen LogP contribution in [0.3, 0.4) is 0 Å². The quantitative estimate of drug-likeness (QED) is 0.667. The Morgan fingerprint density at radius 1 is 1.04 bits per heavy atom. The molecule has 0 spiro atoms. The van der Waals surface area contributed by atoms with Crippen molar-refractivity contribution in [2.45, 2.75) is 26.5 Å². The Kier molecular flexibility index (Phi) is 5.56. The zero-order valence-corrected chi connectivity index (χ0v) is 15.9. The average Bonchev–Trinajstić information content (AvgIpc) is 2.88. The van der Waals surface area contributed by atoms with E-state index in [9.17, 15) is 5.11 Å². The minimum absolute atomic E-state index is 0.223. The third kappa shape index (κ3) is 4.30. The van der Waals surface area contributed by atoms with Crippen molar-refractivity contribution in [2.24, 2.45) is 0 Å². The van der Waals surface area contributed by atoms with Gasteiger partial charge in [0.2, 0.25) is 0 Å². The summed E-state index contributed by atoms with van der Waals surface area (Å²) in [6.07, 6.45) is -0.626. The van der Waals surface area contributed by atoms with Crippen LogP contribution in [-0.2, 0) is 6.54 Å². The number of aliphatic hydroxyl groups is 1. The lowest BCUT2D eigenvalue weighted by Gasteiger charge is -2.14. The van der Waals surface area contributed by atoms with Crippen LogP contribution < -0.4 is 4.74 Å². The summed E-state index contributed by atoms with van der Waals surface area (Å²) >= 11 is 3.50. The van der Waals surface area contributed by atoms with E-state index in [0.717, 1.165) is 27.2 Å². The van der Waals surface area contributed by atoms with Crippen LogP contribution in [0.5, 0.6) is 5.75 Å². The molecule has 0 fully saturated rings. The molecule has 0 radical (unpaired) electrons. The fourth-order valence-corrected chi connectivity index (χ4v) is 2.96. The maximum absolute atomic E-state index is 10.2. The van der Waals surface area contributed by atoms with Crippen molar-refractivity contribution in [2.75, 3.05) is 6.61 Å². The van der Waals surface area contributed by atoms with Crippen molar-refractivity contribution in [3.05, 3.63) is 70.5 Å². The van der Waals surface area contributed by atoms with Crippen molar-refractivity contribution in [3.8, 4) is 16.9 Å². The normalized spacial score (nSPS) is 12.2. The van der Waals surface area contributed by atoms with E-state index in [-0.39, 0.29) is 6.61 Å². The molecule has 0 aliphatic rings. The van der Waals surface area contributed by atoms with Crippen LogP contribution in [0, 0.1) is 13.8 Å². The summed E-state index contributed by atoms with van der Waals surface area (Å²) in [5.74, 6) is 0.744. The molecular weight excluding hydrogens is 380 g/mol. The van der Waals surface area contributed by atoms with Gasteiger partial charge in [-0.1, -0.05) is 42.5 Å². The highest BCUT2D eigenvalue weighted by molar-refractivity contribution is 9.10. The molecule has 25 heavy (non-hydrogen) atoms. The van der Waals surface area contributed by atoms with Crippen LogP contribution in [0.25, 0.3) is 11.1 Å². The summed E-state index contributed by atoms with van der Waals surface area (Å²) in [4.78, 5) is 0. The molecule has 130 valence electrons. The molecule has 5 heteroatoms. The number of aromatic nitrogens is 2. The molecule has 0 aliphatic carbocycles. The molecule has 2 aromatic carbocycles. The van der Waals surface area contributed by atoms with E-state index in [0.29, 0.717) is 6.54 Å². The highest BCUT2D eigenvalue weighted by atomic mass is 79.9. The first-order valence-electron chi connectivity index (χ1n) is 8.20. The number of benzene rings is 2. The Hall–Kier alpha value is -2.11. The van der Waals surface area contributed by atoms with Crippen molar-refractivity contribution in [1.82, 2.24) is 9.78 Å². The second-order valence-corrected chi connectivity index (χ2v) is 6.82. The van der Waals surface area contributed by atoms with Gasteiger partial charge in [0.15, 0.2) is 0 Å². The molecule has 1 atom stereocenters. The molecule has 1 N–H and O–H groups in total. The van der Waals surface area contributed by atoms with Gasteiger partial charge in [0.05, 0.1) is 16.7 Å². The lowest BCUT2D eigenvalue weighted by atomic mass is 10.1. The molecular formula is C20H21BrN2O2. The maximum Gasteiger partial charge on any atom is 0.119 e. The lowest BCUT2D eigenvalue weighted by Crippen LogP contribution is -2.24. The van der Waals surface area contributed by atoms with Crippen LogP contribution in [0.4, 0.5) is 0 Å². The van der Waals surface area contributed by atoms with E-state index >= 15 is 0 Å². The smallest absolute Gasteiger partial charge is 0.119 e. The Balaban J connectivity index is 1.57. The molecule has 0 saturated heterocycles. The number of nitrogens with zero attached hydrogens (tertiary/aromatic N) is 2. The van der Waals surface area contributed by atoms with Crippen LogP contribution in [0.2, 0.25) is 0 Å². The maximum atomic E-state index is 10.2. The lowest BCUT2D eigenvalue weighted by molar-refractivity contribution is 0.0887. The van der Waals surface area contributed by atoms with Gasteiger partial charge in [0, 0.05) is 5.69 Å². The summed E-state index contributed by atoms with van der Waals surface area (Å²) < 4.78 is 8.49. The van der Waals surface area contributed by atoms with Gasteiger partial charge in [-0.05, 0) is 53.0 Å². The molecule has 1 heterocycles. The first-order valence-corrected chi connectivity index (χ1v) is 8.99. The topological polar surface area (TPSA) is 47.3 Å². The van der Waals surface area contributed by atoms with E-state index in [1.54, 1.807) is 4.68 Å². The summed E-state index contributed by atoms with van der Waals surface area (Å²) in [6, 6.07) is 18.1. The van der Waals surface area contributed by atoms with Gasteiger partial charge >= 0.3 is 0 Å². The zero-order valence-electron chi connectivity index (χ0n) is 14.3. The minimum atomic E-state index is -0.626. The van der Waals surface area contributed by atoms with Crippen LogP contribution in [-0.4, -0.2) is 27.6 Å². The Labute approximate surface area is 156 Å². The highest BCUT2D eigenvalue weighted by Crippen LogP contribution is 2.22. The number of rotatable bonds is 6. The van der Waals surface area contributed by atoms with E-state index in [1.165, 1.54) is 5.56 Å². The number of hydrogen-bond acceptors (Lipinski definition) is 3. The Morgan fingerprint density at radius 2 is 1.68 bits per heavy atom. The van der Waals surface area contributed by atoms with Crippen molar-refractivity contribution in [1.29, 1.82) is 0 Å². The van der Waals surface area contributed by atoms with Crippen molar-refractivity contribution >= 4 is 15.9 Å². The fourth-order valence-electron chi connectivity index (χ4n) is 2.67. The molecule has 0 saturated carbocycles. The third-order valence-electron chi connectivity index (χ3n) is 4.08. The molecule has 4 nitrogen and oxygen atoms in total. The van der Waals surface area contributed by atoms with Crippen molar-refractivity contribution < 1.29 is 9.84 Å². The first-order chi connectivity index (χ1) is 12.0. The number of halogens is 1. The van der Waals surface area contributed by atoms with E-state index in [2.05, 4.69) is 33.2 Å². The van der Waals surface area contributed by atoms with Gasteiger partial charge in [0.1, 0.15) is 18.5 Å². The van der Waals surface area contributed by atoms with Gasteiger partial charge in [-0.2, -0.15) is 5.10 Å². The summed E-state index contributed by atoms with van der Waals surface area (Å²) in [5.41, 5.74) is 4.23. The summed E-state index contributed by atoms with van der Waals surface area (Å²) in [5, 5.41) is 14.6. The number of ether oxygens (including phenoxy) is 1. The van der Waals surface area contributed by atoms with Gasteiger partial charge in [-0.25, -0.2) is 0 Å². The van der Waals surface area contributed by atoms with Crippen LogP contribution >= 0.6 is 15.9 Å². The molecule has 0 aliphatic heterocycles. The number of hydrogen-bond donors (Lipinski definition) is 1. The molecule has 3 rings (SSSR count). The first kappa shape index (κ1) is 17.7. The van der Waals surface area contributed by atoms with Gasteiger partial charge in [0.25, 0.3) is 0 Å². The largest absolute Gasteiger partial charge is 0.491 e. The van der Waals surface area contributed by atoms with Crippen LogP contribution in [0.15, 0.2) is 59.1 Å². The molecule has 0 unspecified atom stereocenters. The van der Waals surface area contributed by atoms with E-state index in [4.69, 9.17) is 4.74 Å². The highest BCUT2D eigenvalue weighted by Gasteiger charge is 2.13. The number of aryl methyl sites for hydroxylation is 1. The second kappa shape index (κ2) is 7.85. The molecule has 0 amide bonds. The van der Waals surface area contributed by atoms with Gasteiger partial charge < -0.3 is 9.84 Å². The fraction of sp³-hybridized carbons (Fsp3) is 0.250. The van der Waals surface area contributed by atoms with Crippen molar-refractivity contribution in [3.63, 3.8) is 0 Å². The predicted octanol–water partition coefficient (Wildman–Crippen LogP) is 4.37. The summed E-state index contributed by atoms with van der Waals surface area (Å²) in [7, 11) is 0. The standard InChI is InChI=1S/C20H21BrN2O2/c1-14-20(21)15(2)23(22-14)12-18(24)13-25-19-10-8-17(9-11-19)16-6-4-3-5-7-16/h3-11,18,24H,12-13H2,1-2H3/t18-/m0/s1. The minimum Gasteiger partial charge on any atom is -0.491 e. The predicted molar refractivity (Wildman–Crippen MR) is 103 cm³/mol. The molecule has 3 aromatic rings. The van der Waals surface area contributed by atoms with Gasteiger partial charge in [-0.15, -0.1) is 0 Å². The third-order valence-corrected chi connectivity index (χ3v) is 5.23.